The molecular formula is C21H24N2O. The third kappa shape index (κ3) is 2.79. The topological polar surface area (TPSA) is 55.1 Å². The molecule has 3 nitrogen and oxygen atoms in total. The van der Waals surface area contributed by atoms with Crippen LogP contribution in [0, 0.1) is 0 Å². The maximum atomic E-state index is 13.0. The lowest BCUT2D eigenvalue weighted by Crippen LogP contribution is -2.35. The zero-order chi connectivity index (χ0) is 16.5. The van der Waals surface area contributed by atoms with Crippen LogP contribution < -0.4 is 11.1 Å². The molecule has 124 valence electrons. The highest BCUT2D eigenvalue weighted by Gasteiger charge is 2.29. The van der Waals surface area contributed by atoms with Gasteiger partial charge in [0.2, 0.25) is 5.91 Å². The third-order valence-corrected chi connectivity index (χ3v) is 5.48. The van der Waals surface area contributed by atoms with E-state index >= 15 is 0 Å². The monoisotopic (exact) mass is 320 g/mol. The summed E-state index contributed by atoms with van der Waals surface area (Å²) in [4.78, 5) is 13.0. The molecule has 0 spiro atoms. The quantitative estimate of drug-likeness (QED) is 0.825. The number of aryl methyl sites for hydroxylation is 2. The Kier molecular flexibility index (Phi) is 4.01. The number of rotatable bonds is 2. The first-order valence-corrected chi connectivity index (χ1v) is 8.99. The molecule has 4 rings (SSSR count). The van der Waals surface area contributed by atoms with E-state index in [-0.39, 0.29) is 17.9 Å². The van der Waals surface area contributed by atoms with Crippen molar-refractivity contribution in [3.05, 3.63) is 64.7 Å². The predicted molar refractivity (Wildman–Crippen MR) is 96.8 cm³/mol. The lowest BCUT2D eigenvalue weighted by molar-refractivity contribution is -0.123. The van der Waals surface area contributed by atoms with Crippen LogP contribution in [0.4, 0.5) is 5.69 Å². The molecule has 0 fully saturated rings. The van der Waals surface area contributed by atoms with Crippen molar-refractivity contribution in [2.24, 2.45) is 0 Å². The fraction of sp³-hybridized carbons (Fsp3) is 0.381. The summed E-state index contributed by atoms with van der Waals surface area (Å²) >= 11 is 0. The number of carbonyl (C=O) groups is 1. The number of benzene rings is 2. The van der Waals surface area contributed by atoms with E-state index in [4.69, 9.17) is 5.73 Å². The molecule has 0 radical (unpaired) electrons. The van der Waals surface area contributed by atoms with Gasteiger partial charge in [-0.05, 0) is 72.9 Å². The van der Waals surface area contributed by atoms with Crippen molar-refractivity contribution in [1.82, 2.24) is 5.32 Å². The minimum atomic E-state index is -0.00546. The molecule has 0 aromatic heterocycles. The summed E-state index contributed by atoms with van der Waals surface area (Å²) in [6, 6.07) is 14.6. The Morgan fingerprint density at radius 3 is 2.67 bits per heavy atom. The Hall–Kier alpha value is -2.29. The van der Waals surface area contributed by atoms with Gasteiger partial charge in [-0.3, -0.25) is 4.79 Å². The lowest BCUT2D eigenvalue weighted by Gasteiger charge is -2.30. The van der Waals surface area contributed by atoms with Crippen LogP contribution in [0.15, 0.2) is 42.5 Å². The van der Waals surface area contributed by atoms with Crippen molar-refractivity contribution >= 4 is 11.6 Å². The standard InChI is InChI=1S/C21H24N2O/c22-16-11-12-18-15(13-16)7-4-10-20(18)23-21(24)19-9-3-6-14-5-1-2-8-17(14)19/h1-2,5,8,11-13,19-20H,3-4,6-7,9-10,22H2,(H,23,24). The van der Waals surface area contributed by atoms with Crippen LogP contribution in [0.1, 0.15) is 59.9 Å². The number of hydrogen-bond donors (Lipinski definition) is 2. The van der Waals surface area contributed by atoms with E-state index in [1.54, 1.807) is 0 Å². The van der Waals surface area contributed by atoms with Crippen LogP contribution in [0.25, 0.3) is 0 Å². The maximum Gasteiger partial charge on any atom is 0.228 e. The molecule has 2 atom stereocenters. The smallest absolute Gasteiger partial charge is 0.228 e. The average molecular weight is 320 g/mol. The summed E-state index contributed by atoms with van der Waals surface area (Å²) < 4.78 is 0. The van der Waals surface area contributed by atoms with Crippen LogP contribution in [0.3, 0.4) is 0 Å². The SMILES string of the molecule is Nc1ccc2c(c1)CCCC2NC(=O)C1CCCc2ccccc21. The molecule has 2 unspecified atom stereocenters. The van der Waals surface area contributed by atoms with Crippen LogP contribution in [-0.2, 0) is 17.6 Å². The van der Waals surface area contributed by atoms with Crippen molar-refractivity contribution in [1.29, 1.82) is 0 Å². The van der Waals surface area contributed by atoms with Gasteiger partial charge in [0.25, 0.3) is 0 Å². The van der Waals surface area contributed by atoms with Gasteiger partial charge in [-0.25, -0.2) is 0 Å². The van der Waals surface area contributed by atoms with Crippen molar-refractivity contribution in [2.45, 2.75) is 50.5 Å². The molecule has 24 heavy (non-hydrogen) atoms. The van der Waals surface area contributed by atoms with Crippen LogP contribution in [0.2, 0.25) is 0 Å². The highest BCUT2D eigenvalue weighted by atomic mass is 16.1. The number of nitrogens with two attached hydrogens (primary N) is 1. The molecule has 2 aromatic rings. The number of nitrogen functional groups attached to an aromatic ring is 1. The molecule has 0 bridgehead atoms. The van der Waals surface area contributed by atoms with Gasteiger partial charge < -0.3 is 11.1 Å². The van der Waals surface area contributed by atoms with Crippen LogP contribution in [-0.4, -0.2) is 5.91 Å². The van der Waals surface area contributed by atoms with E-state index in [0.717, 1.165) is 44.2 Å². The van der Waals surface area contributed by atoms with Gasteiger partial charge in [-0.2, -0.15) is 0 Å². The second-order valence-electron chi connectivity index (χ2n) is 7.06. The number of fused-ring (bicyclic) bond motifs is 2. The summed E-state index contributed by atoms with van der Waals surface area (Å²) in [5, 5.41) is 3.33. The van der Waals surface area contributed by atoms with Gasteiger partial charge in [0.1, 0.15) is 0 Å². The second-order valence-corrected chi connectivity index (χ2v) is 7.06. The molecule has 0 aliphatic heterocycles. The van der Waals surface area contributed by atoms with Crippen molar-refractivity contribution < 1.29 is 4.79 Å². The summed E-state index contributed by atoms with van der Waals surface area (Å²) in [5.74, 6) is 0.172. The van der Waals surface area contributed by atoms with Gasteiger partial charge >= 0.3 is 0 Å². The molecule has 2 aromatic carbocycles. The Balaban J connectivity index is 1.56. The molecule has 3 heteroatoms. The molecule has 0 saturated carbocycles. The molecule has 1 amide bonds. The molecule has 0 heterocycles. The number of hydrogen-bond acceptors (Lipinski definition) is 2. The maximum absolute atomic E-state index is 13.0. The van der Waals surface area contributed by atoms with Gasteiger partial charge in [0, 0.05) is 5.69 Å². The molecular weight excluding hydrogens is 296 g/mol. The zero-order valence-electron chi connectivity index (χ0n) is 13.9. The third-order valence-electron chi connectivity index (χ3n) is 5.48. The minimum absolute atomic E-state index is 0.00546. The summed E-state index contributed by atoms with van der Waals surface area (Å²) in [6.45, 7) is 0. The lowest BCUT2D eigenvalue weighted by atomic mass is 9.81. The second kappa shape index (κ2) is 6.31. The molecule has 3 N–H and O–H groups in total. The fourth-order valence-electron chi connectivity index (χ4n) is 4.28. The normalized spacial score (nSPS) is 22.3. The highest BCUT2D eigenvalue weighted by Crippen LogP contribution is 2.35. The summed E-state index contributed by atoms with van der Waals surface area (Å²) in [5.41, 5.74) is 11.8. The number of anilines is 1. The Labute approximate surface area is 143 Å². The van der Waals surface area contributed by atoms with Crippen molar-refractivity contribution in [2.75, 3.05) is 5.73 Å². The van der Waals surface area contributed by atoms with Gasteiger partial charge in [0.15, 0.2) is 0 Å². The Bertz CT molecular complexity index is 768. The van der Waals surface area contributed by atoms with Crippen LogP contribution >= 0.6 is 0 Å². The van der Waals surface area contributed by atoms with Crippen LogP contribution in [0.5, 0.6) is 0 Å². The first kappa shape index (κ1) is 15.3. The first-order chi connectivity index (χ1) is 11.7. The van der Waals surface area contributed by atoms with E-state index in [1.807, 2.05) is 12.1 Å². The number of amides is 1. The largest absolute Gasteiger partial charge is 0.399 e. The highest BCUT2D eigenvalue weighted by molar-refractivity contribution is 5.84. The first-order valence-electron chi connectivity index (χ1n) is 8.99. The van der Waals surface area contributed by atoms with Crippen molar-refractivity contribution in [3.8, 4) is 0 Å². The summed E-state index contributed by atoms with van der Waals surface area (Å²) in [7, 11) is 0. The van der Waals surface area contributed by atoms with E-state index < -0.39 is 0 Å². The van der Waals surface area contributed by atoms with Gasteiger partial charge in [-0.1, -0.05) is 30.3 Å². The number of nitrogens with one attached hydrogen (secondary N) is 1. The molecule has 2 aliphatic rings. The van der Waals surface area contributed by atoms with E-state index in [1.165, 1.54) is 22.3 Å². The average Bonchev–Trinajstić information content (AvgIpc) is 2.61. The fourth-order valence-corrected chi connectivity index (χ4v) is 4.28. The van der Waals surface area contributed by atoms with E-state index in [9.17, 15) is 4.79 Å². The Morgan fingerprint density at radius 2 is 1.75 bits per heavy atom. The summed E-state index contributed by atoms with van der Waals surface area (Å²) in [6.07, 6.45) is 6.29. The van der Waals surface area contributed by atoms with E-state index in [0.29, 0.717) is 0 Å². The predicted octanol–water partition coefficient (Wildman–Crippen LogP) is 3.88. The molecule has 0 saturated heterocycles. The van der Waals surface area contributed by atoms with Gasteiger partial charge in [0.05, 0.1) is 12.0 Å². The minimum Gasteiger partial charge on any atom is -0.399 e. The van der Waals surface area contributed by atoms with E-state index in [2.05, 4.69) is 35.6 Å². The Morgan fingerprint density at radius 1 is 0.958 bits per heavy atom. The van der Waals surface area contributed by atoms with Crippen molar-refractivity contribution in [3.63, 3.8) is 0 Å². The van der Waals surface area contributed by atoms with Gasteiger partial charge in [-0.15, -0.1) is 0 Å². The zero-order valence-corrected chi connectivity index (χ0v) is 13.9. The number of carbonyl (C=O) groups excluding carboxylic acids is 1. The molecule has 2 aliphatic carbocycles.